The van der Waals surface area contributed by atoms with Crippen molar-refractivity contribution in [3.05, 3.63) is 51.7 Å². The summed E-state index contributed by atoms with van der Waals surface area (Å²) in [5.41, 5.74) is 2.88. The van der Waals surface area contributed by atoms with Gasteiger partial charge in [-0.15, -0.1) is 11.3 Å². The molecule has 7 heteroatoms. The van der Waals surface area contributed by atoms with Crippen molar-refractivity contribution >= 4 is 36.2 Å². The summed E-state index contributed by atoms with van der Waals surface area (Å²) in [7, 11) is -1.38. The maximum Gasteiger partial charge on any atom is 0.350 e. The predicted octanol–water partition coefficient (Wildman–Crippen LogP) is 5.57. The zero-order chi connectivity index (χ0) is 20.0. The number of carbonyl (C=O) groups excluding carboxylic acids is 2. The van der Waals surface area contributed by atoms with Crippen LogP contribution in [0.2, 0.25) is 0 Å². The van der Waals surface area contributed by atoms with Crippen molar-refractivity contribution < 1.29 is 47.0 Å². The van der Waals surface area contributed by atoms with Gasteiger partial charge < -0.3 is 10.1 Å². The summed E-state index contributed by atoms with van der Waals surface area (Å²) in [6.45, 7) is 4.04. The van der Waals surface area contributed by atoms with E-state index in [1.807, 2.05) is 18.4 Å². The van der Waals surface area contributed by atoms with Crippen molar-refractivity contribution in [2.45, 2.75) is 39.3 Å². The Labute approximate surface area is 203 Å². The van der Waals surface area contributed by atoms with Crippen LogP contribution in [0.25, 0.3) is 0 Å². The minimum absolute atomic E-state index is 0. The molecule has 1 aliphatic rings. The molecule has 1 fully saturated rings. The first-order valence-electron chi connectivity index (χ1n) is 9.97. The van der Waals surface area contributed by atoms with Crippen LogP contribution < -0.4 is 5.32 Å². The van der Waals surface area contributed by atoms with Crippen LogP contribution in [0.3, 0.4) is 0 Å². The summed E-state index contributed by atoms with van der Waals surface area (Å²) in [4.78, 5) is 25.7. The third-order valence-corrected chi connectivity index (χ3v) is 10.9. The maximum atomic E-state index is 13.0. The molecule has 1 aromatic heterocycles. The summed E-state index contributed by atoms with van der Waals surface area (Å²) in [5.74, 6) is -0.319. The van der Waals surface area contributed by atoms with E-state index in [4.69, 9.17) is 4.74 Å². The van der Waals surface area contributed by atoms with Gasteiger partial charge in [-0.1, -0.05) is 30.3 Å². The van der Waals surface area contributed by atoms with Gasteiger partial charge in [-0.2, -0.15) is 0 Å². The van der Waals surface area contributed by atoms with E-state index in [9.17, 15) is 9.59 Å². The number of thiophene rings is 1. The second kappa shape index (κ2) is 11.7. The molecular formula is C22H29NO3PSY+. The van der Waals surface area contributed by atoms with Gasteiger partial charge in [-0.3, -0.25) is 4.79 Å². The number of hydrogen-bond acceptors (Lipinski definition) is 4. The van der Waals surface area contributed by atoms with Crippen LogP contribution in [0, 0.1) is 6.92 Å². The predicted molar refractivity (Wildman–Crippen MR) is 119 cm³/mol. The van der Waals surface area contributed by atoms with Gasteiger partial charge in [0.1, 0.15) is 11.0 Å². The Balaban J connectivity index is 0.00000300. The smallest absolute Gasteiger partial charge is 0.350 e. The molecule has 1 N–H and O–H groups in total. The number of aryl methyl sites for hydroxylation is 1. The standard InChI is InChI=1S/C22H28NO3PS.Y/c1-3-26-22(25)21-20(17(2)16-28-21)23-19(24)15-27(12-8-5-9-13-27)14-18-10-6-4-7-11-18;/h4,6-7,10-11,16H,3,5,8-9,12-15H2,1-2H3;/p+1. The maximum absolute atomic E-state index is 13.0. The summed E-state index contributed by atoms with van der Waals surface area (Å²) in [5, 5.41) is 4.95. The molecule has 0 spiro atoms. The third-order valence-electron chi connectivity index (χ3n) is 5.30. The fourth-order valence-corrected chi connectivity index (χ4v) is 9.28. The number of ether oxygens (including phenoxy) is 1. The number of rotatable bonds is 7. The zero-order valence-corrected chi connectivity index (χ0v) is 21.8. The van der Waals surface area contributed by atoms with E-state index in [-0.39, 0.29) is 44.6 Å². The Kier molecular flexibility index (Phi) is 9.95. The molecule has 2 heterocycles. The van der Waals surface area contributed by atoms with Crippen LogP contribution in [0.4, 0.5) is 5.69 Å². The summed E-state index contributed by atoms with van der Waals surface area (Å²) < 4.78 is 5.14. The van der Waals surface area contributed by atoms with Crippen molar-refractivity contribution in [1.82, 2.24) is 0 Å². The number of anilines is 1. The third kappa shape index (κ3) is 6.69. The largest absolute Gasteiger partial charge is 0.462 e. The molecule has 29 heavy (non-hydrogen) atoms. The molecule has 1 aliphatic heterocycles. The summed E-state index contributed by atoms with van der Waals surface area (Å²) in [6, 6.07) is 10.6. The number of nitrogens with one attached hydrogen (secondary N) is 1. The molecule has 0 atom stereocenters. The van der Waals surface area contributed by atoms with Crippen molar-refractivity contribution in [3.63, 3.8) is 0 Å². The Morgan fingerprint density at radius 1 is 1.14 bits per heavy atom. The first-order valence-corrected chi connectivity index (χ1v) is 13.4. The summed E-state index contributed by atoms with van der Waals surface area (Å²) >= 11 is 1.33. The Hall–Kier alpha value is -0.606. The van der Waals surface area contributed by atoms with Gasteiger partial charge in [0.2, 0.25) is 0 Å². The molecule has 1 amide bonds. The van der Waals surface area contributed by atoms with Gasteiger partial charge in [0.15, 0.2) is 0 Å². The van der Waals surface area contributed by atoms with Gasteiger partial charge in [-0.05, 0) is 49.6 Å². The molecule has 1 saturated heterocycles. The van der Waals surface area contributed by atoms with Gasteiger partial charge in [0.05, 0.1) is 30.8 Å². The number of hydrogen-bond donors (Lipinski definition) is 1. The zero-order valence-electron chi connectivity index (χ0n) is 17.3. The van der Waals surface area contributed by atoms with E-state index < -0.39 is 7.26 Å². The van der Waals surface area contributed by atoms with Crippen LogP contribution in [0.15, 0.2) is 35.7 Å². The SMILES string of the molecule is CCOC(=O)c1scc(C)c1NC(=O)C[P+]1(Cc2ccccc2)CCCCC1.[Y]. The fraction of sp³-hybridized carbons (Fsp3) is 0.455. The number of esters is 1. The van der Waals surface area contributed by atoms with Crippen molar-refractivity contribution in [2.75, 3.05) is 30.4 Å². The second-order valence-electron chi connectivity index (χ2n) is 7.54. The number of carbonyl (C=O) groups is 2. The quantitative estimate of drug-likeness (QED) is 0.394. The van der Waals surface area contributed by atoms with E-state index in [2.05, 4.69) is 29.6 Å². The Bertz CT molecular complexity index is 819. The molecule has 3 rings (SSSR count). The Morgan fingerprint density at radius 3 is 2.48 bits per heavy atom. The normalized spacial score (nSPS) is 15.2. The van der Waals surface area contributed by atoms with Gasteiger partial charge in [0, 0.05) is 40.0 Å². The summed E-state index contributed by atoms with van der Waals surface area (Å²) in [6.07, 6.45) is 7.72. The molecule has 2 aromatic rings. The van der Waals surface area contributed by atoms with Crippen LogP contribution in [-0.2, 0) is 48.4 Å². The first kappa shape index (κ1) is 24.7. The monoisotopic (exact) mass is 507 g/mol. The number of amides is 1. The van der Waals surface area contributed by atoms with Crippen LogP contribution in [0.5, 0.6) is 0 Å². The van der Waals surface area contributed by atoms with E-state index in [1.165, 1.54) is 48.5 Å². The fourth-order valence-electron chi connectivity index (χ4n) is 3.96. The molecule has 153 valence electrons. The molecular weight excluding hydrogens is 478 g/mol. The Morgan fingerprint density at radius 2 is 1.83 bits per heavy atom. The average Bonchev–Trinajstić information content (AvgIpc) is 3.03. The van der Waals surface area contributed by atoms with Gasteiger partial charge in [0.25, 0.3) is 5.91 Å². The van der Waals surface area contributed by atoms with Crippen LogP contribution in [0.1, 0.15) is 47.0 Å². The van der Waals surface area contributed by atoms with Crippen molar-refractivity contribution in [2.24, 2.45) is 0 Å². The van der Waals surface area contributed by atoms with E-state index in [0.717, 1.165) is 11.7 Å². The van der Waals surface area contributed by atoms with Crippen molar-refractivity contribution in [1.29, 1.82) is 0 Å². The van der Waals surface area contributed by atoms with E-state index in [0.29, 0.717) is 23.3 Å². The molecule has 0 saturated carbocycles. The van der Waals surface area contributed by atoms with Crippen LogP contribution in [-0.4, -0.2) is 37.0 Å². The van der Waals surface area contributed by atoms with Crippen LogP contribution >= 0.6 is 18.6 Å². The topological polar surface area (TPSA) is 55.4 Å². The van der Waals surface area contributed by atoms with E-state index in [1.54, 1.807) is 6.92 Å². The van der Waals surface area contributed by atoms with Gasteiger partial charge in [-0.25, -0.2) is 4.79 Å². The minimum Gasteiger partial charge on any atom is -0.462 e. The first-order chi connectivity index (χ1) is 13.5. The molecule has 1 radical (unpaired) electrons. The van der Waals surface area contributed by atoms with E-state index >= 15 is 0 Å². The molecule has 0 aliphatic carbocycles. The minimum atomic E-state index is -1.38. The second-order valence-corrected chi connectivity index (χ2v) is 12.6. The molecule has 1 aromatic carbocycles. The van der Waals surface area contributed by atoms with Gasteiger partial charge >= 0.3 is 5.97 Å². The average molecular weight is 507 g/mol. The molecule has 0 bridgehead atoms. The van der Waals surface area contributed by atoms with Crippen molar-refractivity contribution in [3.8, 4) is 0 Å². The molecule has 4 nitrogen and oxygen atoms in total. The number of benzene rings is 1. The molecule has 0 unspecified atom stereocenters.